The third-order valence-corrected chi connectivity index (χ3v) is 8.00. The Balaban J connectivity index is 1.31. The number of nitrogens with one attached hydrogen (secondary N) is 1. The fourth-order valence-corrected chi connectivity index (χ4v) is 5.83. The molecule has 7 nitrogen and oxygen atoms in total. The number of halogens is 4. The third kappa shape index (κ3) is 5.61. The molecule has 38 heavy (non-hydrogen) atoms. The van der Waals surface area contributed by atoms with Crippen molar-refractivity contribution in [1.82, 2.24) is 20.0 Å². The van der Waals surface area contributed by atoms with Crippen molar-refractivity contribution >= 4 is 51.4 Å². The van der Waals surface area contributed by atoms with Crippen LogP contribution in [0.2, 0.25) is 5.02 Å². The Morgan fingerprint density at radius 2 is 2.11 bits per heavy atom. The second-order valence-electron chi connectivity index (χ2n) is 9.29. The molecule has 3 aromatic rings. The first-order valence-electron chi connectivity index (χ1n) is 11.9. The molecule has 2 unspecified atom stereocenters. The van der Waals surface area contributed by atoms with Gasteiger partial charge in [-0.05, 0) is 59.7 Å². The molecular formula is C26H25ClF3N5O2S. The number of aliphatic imine (C=N–C) groups is 1. The van der Waals surface area contributed by atoms with Crippen LogP contribution in [0.4, 0.5) is 13.2 Å². The molecule has 3 heterocycles. The number of thioether (sulfide) groups is 1. The molecule has 1 fully saturated rings. The summed E-state index contributed by atoms with van der Waals surface area (Å²) in [6.45, 7) is 1.36. The third-order valence-electron chi connectivity index (χ3n) is 6.69. The maximum atomic E-state index is 13.5. The second kappa shape index (κ2) is 10.7. The van der Waals surface area contributed by atoms with Gasteiger partial charge in [-0.15, -0.1) is 0 Å². The fourth-order valence-electron chi connectivity index (χ4n) is 4.71. The van der Waals surface area contributed by atoms with Crippen molar-refractivity contribution in [2.75, 3.05) is 27.3 Å². The van der Waals surface area contributed by atoms with Crippen LogP contribution >= 0.6 is 23.4 Å². The molecule has 1 amide bonds. The highest BCUT2D eigenvalue weighted by Gasteiger charge is 2.34. The Hall–Kier alpha value is -2.86. The number of ether oxygens (including phenoxy) is 1. The Bertz CT molecular complexity index is 1440. The smallest absolute Gasteiger partial charge is 0.383 e. The summed E-state index contributed by atoms with van der Waals surface area (Å²) in [4.78, 5) is 19.4. The van der Waals surface area contributed by atoms with Crippen LogP contribution in [0.5, 0.6) is 0 Å². The molecule has 12 heteroatoms. The number of likely N-dealkylation sites (N-methyl/N-ethyl adjacent to an activating group) is 1. The minimum absolute atomic E-state index is 0.0249. The molecule has 0 saturated carbocycles. The highest BCUT2D eigenvalue weighted by Crippen LogP contribution is 2.35. The predicted molar refractivity (Wildman–Crippen MR) is 143 cm³/mol. The van der Waals surface area contributed by atoms with Gasteiger partial charge in [0.2, 0.25) is 0 Å². The molecule has 200 valence electrons. The van der Waals surface area contributed by atoms with Crippen molar-refractivity contribution < 1.29 is 22.7 Å². The molecule has 1 saturated heterocycles. The van der Waals surface area contributed by atoms with E-state index in [0.717, 1.165) is 30.0 Å². The maximum absolute atomic E-state index is 13.5. The molecule has 0 radical (unpaired) electrons. The zero-order valence-corrected chi connectivity index (χ0v) is 22.2. The standard InChI is InChI=1S/C26H25ClF3N5O2S/c1-34(20-10-19(14-37-2)31-12-20)25-33-24(36)23(38-25)8-15-3-6-22-17(7-15)11-32-35(22)13-16-4-5-18(27)9-21(16)26(28,29)30/h3-9,11,19-20,31H,10,12-14H2,1-2H3. The molecular weight excluding hydrogens is 539 g/mol. The van der Waals surface area contributed by atoms with Gasteiger partial charge in [-0.2, -0.15) is 23.3 Å². The van der Waals surface area contributed by atoms with Crippen molar-refractivity contribution in [2.45, 2.75) is 31.2 Å². The fraction of sp³-hybridized carbons (Fsp3) is 0.346. The molecule has 0 spiro atoms. The number of aromatic nitrogens is 2. The van der Waals surface area contributed by atoms with E-state index in [0.29, 0.717) is 22.2 Å². The average Bonchev–Trinajstić information content (AvgIpc) is 3.59. The zero-order valence-electron chi connectivity index (χ0n) is 20.6. The minimum atomic E-state index is -4.52. The van der Waals surface area contributed by atoms with Gasteiger partial charge < -0.3 is 15.0 Å². The topological polar surface area (TPSA) is 71.8 Å². The Labute approximate surface area is 226 Å². The van der Waals surface area contributed by atoms with Gasteiger partial charge in [0.05, 0.1) is 35.3 Å². The molecule has 0 bridgehead atoms. The number of alkyl halides is 3. The first-order valence-corrected chi connectivity index (χ1v) is 13.1. The average molecular weight is 564 g/mol. The van der Waals surface area contributed by atoms with Gasteiger partial charge in [0, 0.05) is 43.2 Å². The van der Waals surface area contributed by atoms with E-state index in [2.05, 4.69) is 15.4 Å². The number of methoxy groups -OCH3 is 1. The number of hydrogen-bond donors (Lipinski definition) is 1. The van der Waals surface area contributed by atoms with E-state index < -0.39 is 11.7 Å². The number of rotatable bonds is 6. The van der Waals surface area contributed by atoms with Crippen molar-refractivity contribution in [3.05, 3.63) is 69.2 Å². The van der Waals surface area contributed by atoms with Crippen LogP contribution in [-0.2, 0) is 22.3 Å². The van der Waals surface area contributed by atoms with Crippen LogP contribution in [0.15, 0.2) is 52.5 Å². The van der Waals surface area contributed by atoms with E-state index >= 15 is 0 Å². The van der Waals surface area contributed by atoms with Gasteiger partial charge in [-0.3, -0.25) is 9.48 Å². The van der Waals surface area contributed by atoms with Gasteiger partial charge in [0.1, 0.15) is 0 Å². The van der Waals surface area contributed by atoms with Crippen LogP contribution in [0.1, 0.15) is 23.1 Å². The number of nitrogens with zero attached hydrogens (tertiary/aromatic N) is 4. The quantitative estimate of drug-likeness (QED) is 0.424. The molecule has 2 atom stereocenters. The van der Waals surface area contributed by atoms with E-state index in [-0.39, 0.29) is 35.1 Å². The van der Waals surface area contributed by atoms with Crippen molar-refractivity contribution in [1.29, 1.82) is 0 Å². The van der Waals surface area contributed by atoms with Gasteiger partial charge in [0.15, 0.2) is 5.17 Å². The lowest BCUT2D eigenvalue weighted by atomic mass is 10.1. The first kappa shape index (κ1) is 26.7. The van der Waals surface area contributed by atoms with Crippen molar-refractivity contribution in [2.24, 2.45) is 4.99 Å². The number of carbonyl (C=O) groups excluding carboxylic acids is 1. The van der Waals surface area contributed by atoms with Crippen LogP contribution in [-0.4, -0.2) is 65.1 Å². The second-order valence-corrected chi connectivity index (χ2v) is 10.7. The monoisotopic (exact) mass is 563 g/mol. The lowest BCUT2D eigenvalue weighted by Crippen LogP contribution is -2.36. The molecule has 5 rings (SSSR count). The summed E-state index contributed by atoms with van der Waals surface area (Å²) in [6, 6.07) is 9.68. The Morgan fingerprint density at radius 1 is 1.29 bits per heavy atom. The highest BCUT2D eigenvalue weighted by atomic mass is 35.5. The molecule has 0 aliphatic carbocycles. The minimum Gasteiger partial charge on any atom is -0.383 e. The number of amides is 1. The Kier molecular flexibility index (Phi) is 7.54. The van der Waals surface area contributed by atoms with E-state index in [4.69, 9.17) is 16.3 Å². The summed E-state index contributed by atoms with van der Waals surface area (Å²) in [5.41, 5.74) is 0.745. The summed E-state index contributed by atoms with van der Waals surface area (Å²) >= 11 is 7.13. The summed E-state index contributed by atoms with van der Waals surface area (Å²) in [5, 5.41) is 9.15. The summed E-state index contributed by atoms with van der Waals surface area (Å²) in [6.07, 6.45) is -0.250. The number of benzene rings is 2. The predicted octanol–water partition coefficient (Wildman–Crippen LogP) is 5.04. The van der Waals surface area contributed by atoms with Crippen LogP contribution in [0.25, 0.3) is 17.0 Å². The summed E-state index contributed by atoms with van der Waals surface area (Å²) in [7, 11) is 3.62. The summed E-state index contributed by atoms with van der Waals surface area (Å²) in [5.74, 6) is -0.297. The maximum Gasteiger partial charge on any atom is 0.416 e. The van der Waals surface area contributed by atoms with E-state index in [1.54, 1.807) is 25.4 Å². The van der Waals surface area contributed by atoms with E-state index in [1.807, 2.05) is 24.1 Å². The zero-order chi connectivity index (χ0) is 27.0. The molecule has 1 N–H and O–H groups in total. The first-order chi connectivity index (χ1) is 18.1. The number of carbonyl (C=O) groups is 1. The van der Waals surface area contributed by atoms with E-state index in [9.17, 15) is 18.0 Å². The van der Waals surface area contributed by atoms with Gasteiger partial charge in [0.25, 0.3) is 5.91 Å². The SMILES string of the molecule is COCC1CC(N(C)C2=NC(=O)C(=Cc3ccc4c(cnn4Cc4ccc(Cl)cc4C(F)(F)F)c3)S2)CN1. The molecule has 1 aromatic heterocycles. The van der Waals surface area contributed by atoms with Crippen molar-refractivity contribution in [3.8, 4) is 0 Å². The Morgan fingerprint density at radius 3 is 2.87 bits per heavy atom. The lowest BCUT2D eigenvalue weighted by molar-refractivity contribution is -0.138. The highest BCUT2D eigenvalue weighted by molar-refractivity contribution is 8.18. The molecule has 2 aliphatic heterocycles. The van der Waals surface area contributed by atoms with Gasteiger partial charge >= 0.3 is 6.18 Å². The normalized spacial score (nSPS) is 21.1. The number of amidine groups is 1. The summed E-state index contributed by atoms with van der Waals surface area (Å²) < 4.78 is 47.3. The molecule has 2 aliphatic rings. The lowest BCUT2D eigenvalue weighted by Gasteiger charge is -2.24. The van der Waals surface area contributed by atoms with Gasteiger partial charge in [-0.25, -0.2) is 0 Å². The largest absolute Gasteiger partial charge is 0.416 e. The van der Waals surface area contributed by atoms with Crippen LogP contribution in [0, 0.1) is 0 Å². The number of hydrogen-bond acceptors (Lipinski definition) is 6. The number of fused-ring (bicyclic) bond motifs is 1. The molecule has 2 aromatic carbocycles. The van der Waals surface area contributed by atoms with Crippen LogP contribution < -0.4 is 5.32 Å². The van der Waals surface area contributed by atoms with E-state index in [1.165, 1.54) is 28.6 Å². The van der Waals surface area contributed by atoms with Crippen molar-refractivity contribution in [3.63, 3.8) is 0 Å². The van der Waals surface area contributed by atoms with Crippen LogP contribution in [0.3, 0.4) is 0 Å². The van der Waals surface area contributed by atoms with Gasteiger partial charge in [-0.1, -0.05) is 23.7 Å².